The van der Waals surface area contributed by atoms with E-state index in [1.807, 2.05) is 0 Å². The van der Waals surface area contributed by atoms with Crippen molar-refractivity contribution in [3.05, 3.63) is 0 Å². The first kappa shape index (κ1) is 17.5. The summed E-state index contributed by atoms with van der Waals surface area (Å²) < 4.78 is 44.0. The highest BCUT2D eigenvalue weighted by Gasteiger charge is 2.48. The molecule has 0 radical (unpaired) electrons. The molecule has 1 heterocycles. The first-order valence-corrected chi connectivity index (χ1v) is 6.40. The van der Waals surface area contributed by atoms with E-state index in [1.165, 1.54) is 0 Å². The number of hydrogen-bond acceptors (Lipinski definition) is 4. The third-order valence-electron chi connectivity index (χ3n) is 2.86. The van der Waals surface area contributed by atoms with Gasteiger partial charge in [0.2, 0.25) is 0 Å². The topological polar surface area (TPSA) is 70.1 Å². The molecule has 0 aromatic carbocycles. The quantitative estimate of drug-likeness (QED) is 0.838. The number of rotatable bonds is 2. The smallest absolute Gasteiger partial charge is 0.410 e. The monoisotopic (exact) mass is 312 g/mol. The lowest BCUT2D eigenvalue weighted by atomic mass is 10.1. The standard InChI is InChI=1S/C12H19F3N2O4/c1-11(2,3)21-10(20)17-5-4-16(7-9(18)19)8(6-17)12(13,14)15/h8H,4-7H2,1-3H3,(H,18,19)/t8-/m1/s1. The second-order valence-electron chi connectivity index (χ2n) is 5.85. The average Bonchev–Trinajstić information content (AvgIpc) is 2.24. The summed E-state index contributed by atoms with van der Waals surface area (Å²) in [6.07, 6.45) is -5.44. The molecule has 1 atom stereocenters. The second-order valence-corrected chi connectivity index (χ2v) is 5.85. The van der Waals surface area contributed by atoms with Crippen LogP contribution in [-0.2, 0) is 9.53 Å². The van der Waals surface area contributed by atoms with Crippen LogP contribution in [0.2, 0.25) is 0 Å². The van der Waals surface area contributed by atoms with Crippen LogP contribution in [0.1, 0.15) is 20.8 Å². The predicted octanol–water partition coefficient (Wildman–Crippen LogP) is 1.55. The van der Waals surface area contributed by atoms with Crippen molar-refractivity contribution in [1.29, 1.82) is 0 Å². The van der Waals surface area contributed by atoms with Crippen molar-refractivity contribution in [3.8, 4) is 0 Å². The van der Waals surface area contributed by atoms with Gasteiger partial charge in [0.25, 0.3) is 0 Å². The molecule has 0 aromatic heterocycles. The number of nitrogens with zero attached hydrogens (tertiary/aromatic N) is 2. The van der Waals surface area contributed by atoms with Crippen molar-refractivity contribution in [3.63, 3.8) is 0 Å². The van der Waals surface area contributed by atoms with Gasteiger partial charge in [0.05, 0.1) is 6.54 Å². The zero-order valence-electron chi connectivity index (χ0n) is 12.1. The van der Waals surface area contributed by atoms with Gasteiger partial charge in [0.15, 0.2) is 0 Å². The fourth-order valence-electron chi connectivity index (χ4n) is 1.99. The van der Waals surface area contributed by atoms with E-state index in [0.717, 1.165) is 9.80 Å². The van der Waals surface area contributed by atoms with Gasteiger partial charge in [-0.05, 0) is 20.8 Å². The number of halogens is 3. The van der Waals surface area contributed by atoms with Crippen LogP contribution in [0.15, 0.2) is 0 Å². The third-order valence-corrected chi connectivity index (χ3v) is 2.86. The molecule has 9 heteroatoms. The van der Waals surface area contributed by atoms with Crippen LogP contribution >= 0.6 is 0 Å². The molecule has 122 valence electrons. The Morgan fingerprint density at radius 2 is 1.81 bits per heavy atom. The molecule has 0 aromatic rings. The minimum absolute atomic E-state index is 0.00519. The number of carboxylic acids is 1. The largest absolute Gasteiger partial charge is 0.480 e. The Balaban J connectivity index is 2.79. The molecule has 1 fully saturated rings. The first-order valence-electron chi connectivity index (χ1n) is 6.40. The number of aliphatic carboxylic acids is 1. The van der Waals surface area contributed by atoms with Crippen molar-refractivity contribution in [2.75, 3.05) is 26.2 Å². The molecule has 0 saturated carbocycles. The van der Waals surface area contributed by atoms with E-state index < -0.39 is 43.0 Å². The van der Waals surface area contributed by atoms with Crippen molar-refractivity contribution < 1.29 is 32.6 Å². The second kappa shape index (κ2) is 6.08. The zero-order chi connectivity index (χ0) is 16.4. The van der Waals surface area contributed by atoms with Gasteiger partial charge in [-0.3, -0.25) is 9.69 Å². The minimum atomic E-state index is -4.61. The summed E-state index contributed by atoms with van der Waals surface area (Å²) in [4.78, 5) is 24.2. The van der Waals surface area contributed by atoms with Crippen LogP contribution in [0, 0.1) is 0 Å². The Bertz CT molecular complexity index is 406. The lowest BCUT2D eigenvalue weighted by Gasteiger charge is -2.41. The molecule has 1 rings (SSSR count). The van der Waals surface area contributed by atoms with E-state index in [2.05, 4.69) is 0 Å². The molecule has 1 saturated heterocycles. The van der Waals surface area contributed by atoms with Gasteiger partial charge in [-0.2, -0.15) is 13.2 Å². The van der Waals surface area contributed by atoms with Gasteiger partial charge in [0.1, 0.15) is 11.6 Å². The summed E-state index contributed by atoms with van der Waals surface area (Å²) in [6.45, 7) is 3.33. The van der Waals surface area contributed by atoms with E-state index in [9.17, 15) is 22.8 Å². The molecule has 1 N–H and O–H groups in total. The maximum absolute atomic E-state index is 13.0. The molecule has 0 spiro atoms. The van der Waals surface area contributed by atoms with Crippen molar-refractivity contribution in [2.24, 2.45) is 0 Å². The van der Waals surface area contributed by atoms with E-state index in [4.69, 9.17) is 9.84 Å². The van der Waals surface area contributed by atoms with Gasteiger partial charge < -0.3 is 14.7 Å². The average molecular weight is 312 g/mol. The number of carboxylic acid groups (broad SMARTS) is 1. The van der Waals surface area contributed by atoms with Gasteiger partial charge in [-0.25, -0.2) is 4.79 Å². The maximum atomic E-state index is 13.0. The lowest BCUT2D eigenvalue weighted by molar-refractivity contribution is -0.197. The summed E-state index contributed by atoms with van der Waals surface area (Å²) in [7, 11) is 0. The summed E-state index contributed by atoms with van der Waals surface area (Å²) >= 11 is 0. The number of alkyl halides is 3. The first-order chi connectivity index (χ1) is 9.40. The van der Waals surface area contributed by atoms with Crippen LogP contribution < -0.4 is 0 Å². The van der Waals surface area contributed by atoms with E-state index in [1.54, 1.807) is 20.8 Å². The molecular weight excluding hydrogens is 293 g/mol. The highest BCUT2D eigenvalue weighted by molar-refractivity contribution is 5.70. The van der Waals surface area contributed by atoms with Gasteiger partial charge in [-0.15, -0.1) is 0 Å². The van der Waals surface area contributed by atoms with Crippen LogP contribution in [0.3, 0.4) is 0 Å². The zero-order valence-corrected chi connectivity index (χ0v) is 12.1. The Labute approximate surface area is 120 Å². The van der Waals surface area contributed by atoms with E-state index >= 15 is 0 Å². The van der Waals surface area contributed by atoms with Crippen molar-refractivity contribution in [2.45, 2.75) is 38.6 Å². The minimum Gasteiger partial charge on any atom is -0.480 e. The molecule has 1 aliphatic heterocycles. The number of piperazine rings is 1. The van der Waals surface area contributed by atoms with Crippen LogP contribution in [-0.4, -0.2) is 71.0 Å². The van der Waals surface area contributed by atoms with Gasteiger partial charge in [-0.1, -0.05) is 0 Å². The molecule has 21 heavy (non-hydrogen) atoms. The van der Waals surface area contributed by atoms with Crippen molar-refractivity contribution >= 4 is 12.1 Å². The van der Waals surface area contributed by atoms with Crippen LogP contribution in [0.5, 0.6) is 0 Å². The highest BCUT2D eigenvalue weighted by Crippen LogP contribution is 2.28. The molecule has 1 aliphatic rings. The normalized spacial score (nSPS) is 21.2. The molecule has 0 bridgehead atoms. The number of ether oxygens (including phenoxy) is 1. The Hall–Kier alpha value is -1.51. The molecule has 0 aliphatic carbocycles. The SMILES string of the molecule is CC(C)(C)OC(=O)N1CCN(CC(=O)O)[C@@H](C(F)(F)F)C1. The summed E-state index contributed by atoms with van der Waals surface area (Å²) in [5.74, 6) is -1.34. The third kappa shape index (κ3) is 5.41. The fourth-order valence-corrected chi connectivity index (χ4v) is 1.99. The predicted molar refractivity (Wildman–Crippen MR) is 66.9 cm³/mol. The van der Waals surface area contributed by atoms with Crippen molar-refractivity contribution in [1.82, 2.24) is 9.80 Å². The van der Waals surface area contributed by atoms with Crippen LogP contribution in [0.4, 0.5) is 18.0 Å². The molecule has 0 unspecified atom stereocenters. The Morgan fingerprint density at radius 3 is 2.24 bits per heavy atom. The molecular formula is C12H19F3N2O4. The van der Waals surface area contributed by atoms with E-state index in [0.29, 0.717) is 0 Å². The maximum Gasteiger partial charge on any atom is 0.410 e. The molecule has 6 nitrogen and oxygen atoms in total. The summed E-state index contributed by atoms with van der Waals surface area (Å²) in [5, 5.41) is 8.66. The number of hydrogen-bond donors (Lipinski definition) is 1. The number of carbonyl (C=O) groups is 2. The lowest BCUT2D eigenvalue weighted by Crippen LogP contribution is -2.61. The fraction of sp³-hybridized carbons (Fsp3) is 0.833. The summed E-state index contributed by atoms with van der Waals surface area (Å²) in [6, 6.07) is -2.00. The summed E-state index contributed by atoms with van der Waals surface area (Å²) in [5.41, 5.74) is -0.803. The van der Waals surface area contributed by atoms with Gasteiger partial charge in [0, 0.05) is 19.6 Å². The van der Waals surface area contributed by atoms with E-state index in [-0.39, 0.29) is 13.1 Å². The Morgan fingerprint density at radius 1 is 1.24 bits per heavy atom. The number of amides is 1. The number of carbonyl (C=O) groups excluding carboxylic acids is 1. The molecule has 1 amide bonds. The highest BCUT2D eigenvalue weighted by atomic mass is 19.4. The van der Waals surface area contributed by atoms with Gasteiger partial charge >= 0.3 is 18.2 Å². The Kier molecular flexibility index (Phi) is 5.08. The van der Waals surface area contributed by atoms with Crippen LogP contribution in [0.25, 0.3) is 0 Å².